The van der Waals surface area contributed by atoms with Crippen molar-refractivity contribution in [3.8, 4) is 5.75 Å². The van der Waals surface area contributed by atoms with Crippen LogP contribution in [0.1, 0.15) is 35.2 Å². The Bertz CT molecular complexity index is 537. The average molecular weight is 277 g/mol. The normalized spacial score (nSPS) is 10.7. The van der Waals surface area contributed by atoms with E-state index in [9.17, 15) is 5.11 Å². The van der Waals surface area contributed by atoms with Gasteiger partial charge in [-0.1, -0.05) is 24.6 Å². The number of nitrogens with zero attached hydrogens (tertiary/aromatic N) is 1. The van der Waals surface area contributed by atoms with Crippen LogP contribution in [0.25, 0.3) is 0 Å². The number of aliphatic hydroxyl groups excluding tert-OH is 1. The molecule has 0 aliphatic carbocycles. The molecule has 0 aliphatic rings. The van der Waals surface area contributed by atoms with Crippen LogP contribution in [0, 0.1) is 6.92 Å². The van der Waals surface area contributed by atoms with Crippen LogP contribution in [0.5, 0.6) is 5.75 Å². The number of benzene rings is 1. The second-order valence-corrected chi connectivity index (χ2v) is 5.48. The highest BCUT2D eigenvalue weighted by Gasteiger charge is 2.06. The third kappa shape index (κ3) is 3.78. The van der Waals surface area contributed by atoms with Crippen molar-refractivity contribution in [1.29, 1.82) is 0 Å². The lowest BCUT2D eigenvalue weighted by Crippen LogP contribution is -1.99. The average Bonchev–Trinajstić information content (AvgIpc) is 2.85. The van der Waals surface area contributed by atoms with Gasteiger partial charge >= 0.3 is 0 Å². The molecule has 0 atom stereocenters. The highest BCUT2D eigenvalue weighted by atomic mass is 32.1. The van der Waals surface area contributed by atoms with Gasteiger partial charge in [0.1, 0.15) is 12.4 Å². The van der Waals surface area contributed by atoms with Crippen molar-refractivity contribution in [2.24, 2.45) is 0 Å². The summed E-state index contributed by atoms with van der Waals surface area (Å²) in [5.41, 5.74) is 2.90. The molecule has 2 rings (SSSR count). The molecule has 0 unspecified atom stereocenters. The van der Waals surface area contributed by atoms with Crippen LogP contribution >= 0.6 is 11.3 Å². The molecular weight excluding hydrogens is 258 g/mol. The molecule has 19 heavy (non-hydrogen) atoms. The number of thiazole rings is 1. The molecule has 1 heterocycles. The summed E-state index contributed by atoms with van der Waals surface area (Å²) in [5.74, 6) is 0.734. The smallest absolute Gasteiger partial charge is 0.131 e. The first-order chi connectivity index (χ1) is 9.22. The van der Waals surface area contributed by atoms with Gasteiger partial charge in [-0.15, -0.1) is 11.3 Å². The van der Waals surface area contributed by atoms with Crippen molar-refractivity contribution in [2.45, 2.75) is 39.9 Å². The Hall–Kier alpha value is -1.39. The largest absolute Gasteiger partial charge is 0.487 e. The molecule has 0 aliphatic heterocycles. The zero-order valence-corrected chi connectivity index (χ0v) is 12.2. The van der Waals surface area contributed by atoms with Crippen LogP contribution in [0.3, 0.4) is 0 Å². The van der Waals surface area contributed by atoms with Gasteiger partial charge in [0.15, 0.2) is 0 Å². The van der Waals surface area contributed by atoms with E-state index in [0.717, 1.165) is 40.4 Å². The Balaban J connectivity index is 2.01. The fraction of sp³-hybridized carbons (Fsp3) is 0.400. The van der Waals surface area contributed by atoms with E-state index in [-0.39, 0.29) is 6.61 Å². The molecule has 1 N–H and O–H groups in total. The van der Waals surface area contributed by atoms with E-state index >= 15 is 0 Å². The summed E-state index contributed by atoms with van der Waals surface area (Å²) >= 11 is 1.68. The summed E-state index contributed by atoms with van der Waals surface area (Å²) in [6, 6.07) is 5.83. The van der Waals surface area contributed by atoms with Gasteiger partial charge in [-0.05, 0) is 25.8 Å². The molecule has 1 aromatic carbocycles. The predicted octanol–water partition coefficient (Wildman–Crippen LogP) is 3.48. The van der Waals surface area contributed by atoms with Crippen LogP contribution in [0.4, 0.5) is 0 Å². The first-order valence-electron chi connectivity index (χ1n) is 6.49. The number of hydrogen-bond acceptors (Lipinski definition) is 4. The van der Waals surface area contributed by atoms with E-state index in [2.05, 4.69) is 11.9 Å². The minimum absolute atomic E-state index is 0.00480. The zero-order valence-electron chi connectivity index (χ0n) is 11.3. The second kappa shape index (κ2) is 6.68. The Kier molecular flexibility index (Phi) is 4.93. The number of aromatic nitrogens is 1. The molecular formula is C15H19NO2S. The van der Waals surface area contributed by atoms with E-state index < -0.39 is 0 Å². The van der Waals surface area contributed by atoms with Crippen LogP contribution in [-0.2, 0) is 19.6 Å². The number of aliphatic hydroxyl groups is 1. The van der Waals surface area contributed by atoms with Gasteiger partial charge in [-0.2, -0.15) is 0 Å². The van der Waals surface area contributed by atoms with E-state index in [1.165, 1.54) is 0 Å². The van der Waals surface area contributed by atoms with Crippen LogP contribution in [0.15, 0.2) is 23.6 Å². The minimum atomic E-state index is -0.00480. The van der Waals surface area contributed by atoms with Gasteiger partial charge in [0.05, 0.1) is 17.3 Å². The summed E-state index contributed by atoms with van der Waals surface area (Å²) in [6.45, 7) is 4.60. The number of ether oxygens (including phenoxy) is 1. The Morgan fingerprint density at radius 1 is 1.37 bits per heavy atom. The lowest BCUT2D eigenvalue weighted by molar-refractivity contribution is 0.257. The zero-order chi connectivity index (χ0) is 13.7. The lowest BCUT2D eigenvalue weighted by atomic mass is 10.1. The van der Waals surface area contributed by atoms with Crippen LogP contribution in [0.2, 0.25) is 0 Å². The third-order valence-corrected chi connectivity index (χ3v) is 3.78. The lowest BCUT2D eigenvalue weighted by Gasteiger charge is -2.09. The SMILES string of the molecule is CCCc1nc(COc2ccc(C)cc2CO)cs1. The number of aryl methyl sites for hydroxylation is 2. The topological polar surface area (TPSA) is 42.4 Å². The van der Waals surface area contributed by atoms with Gasteiger partial charge in [0.25, 0.3) is 0 Å². The van der Waals surface area contributed by atoms with Crippen molar-refractivity contribution in [3.63, 3.8) is 0 Å². The van der Waals surface area contributed by atoms with Crippen molar-refractivity contribution in [3.05, 3.63) is 45.4 Å². The highest BCUT2D eigenvalue weighted by Crippen LogP contribution is 2.21. The highest BCUT2D eigenvalue weighted by molar-refractivity contribution is 7.09. The third-order valence-electron chi connectivity index (χ3n) is 2.83. The fourth-order valence-electron chi connectivity index (χ4n) is 1.87. The molecule has 0 fully saturated rings. The van der Waals surface area contributed by atoms with E-state index in [1.54, 1.807) is 11.3 Å². The Morgan fingerprint density at radius 2 is 2.21 bits per heavy atom. The number of rotatable bonds is 6. The van der Waals surface area contributed by atoms with Crippen molar-refractivity contribution in [2.75, 3.05) is 0 Å². The van der Waals surface area contributed by atoms with Gasteiger partial charge in [0, 0.05) is 10.9 Å². The minimum Gasteiger partial charge on any atom is -0.487 e. The maximum atomic E-state index is 9.32. The summed E-state index contributed by atoms with van der Waals surface area (Å²) < 4.78 is 5.74. The quantitative estimate of drug-likeness (QED) is 0.879. The Labute approximate surface area is 117 Å². The predicted molar refractivity (Wildman–Crippen MR) is 77.5 cm³/mol. The fourth-order valence-corrected chi connectivity index (χ4v) is 2.75. The molecule has 102 valence electrons. The van der Waals surface area contributed by atoms with Gasteiger partial charge in [0.2, 0.25) is 0 Å². The van der Waals surface area contributed by atoms with Crippen molar-refractivity contribution in [1.82, 2.24) is 4.98 Å². The molecule has 0 saturated heterocycles. The molecule has 1 aromatic heterocycles. The van der Waals surface area contributed by atoms with Crippen molar-refractivity contribution < 1.29 is 9.84 Å². The summed E-state index contributed by atoms with van der Waals surface area (Å²) in [7, 11) is 0. The monoisotopic (exact) mass is 277 g/mol. The maximum Gasteiger partial charge on any atom is 0.131 e. The summed E-state index contributed by atoms with van der Waals surface area (Å²) in [4.78, 5) is 4.52. The second-order valence-electron chi connectivity index (χ2n) is 4.54. The van der Waals surface area contributed by atoms with Crippen LogP contribution in [-0.4, -0.2) is 10.1 Å². The van der Waals surface area contributed by atoms with E-state index in [4.69, 9.17) is 4.74 Å². The van der Waals surface area contributed by atoms with E-state index in [1.807, 2.05) is 30.5 Å². The first kappa shape index (κ1) is 14.0. The number of hydrogen-bond donors (Lipinski definition) is 1. The van der Waals surface area contributed by atoms with Gasteiger partial charge in [-0.25, -0.2) is 4.98 Å². The van der Waals surface area contributed by atoms with Crippen LogP contribution < -0.4 is 4.74 Å². The maximum absolute atomic E-state index is 9.32. The standard InChI is InChI=1S/C15H19NO2S/c1-3-4-15-16-13(10-19-15)9-18-14-6-5-11(2)7-12(14)8-17/h5-7,10,17H,3-4,8-9H2,1-2H3. The summed E-state index contributed by atoms with van der Waals surface area (Å²) in [5, 5.41) is 12.5. The molecule has 2 aromatic rings. The summed E-state index contributed by atoms with van der Waals surface area (Å²) in [6.07, 6.45) is 2.14. The molecule has 0 radical (unpaired) electrons. The molecule has 0 spiro atoms. The van der Waals surface area contributed by atoms with Crippen molar-refractivity contribution >= 4 is 11.3 Å². The molecule has 4 heteroatoms. The van der Waals surface area contributed by atoms with Gasteiger partial charge in [-0.3, -0.25) is 0 Å². The van der Waals surface area contributed by atoms with E-state index in [0.29, 0.717) is 6.61 Å². The molecule has 3 nitrogen and oxygen atoms in total. The van der Waals surface area contributed by atoms with Gasteiger partial charge < -0.3 is 9.84 Å². The molecule has 0 amide bonds. The first-order valence-corrected chi connectivity index (χ1v) is 7.37. The Morgan fingerprint density at radius 3 is 2.95 bits per heavy atom. The molecule has 0 saturated carbocycles. The molecule has 0 bridgehead atoms.